The predicted molar refractivity (Wildman–Crippen MR) is 79.8 cm³/mol. The van der Waals surface area contributed by atoms with Crippen LogP contribution < -0.4 is 9.47 Å². The smallest absolute Gasteiger partial charge is 0.315 e. The van der Waals surface area contributed by atoms with Gasteiger partial charge < -0.3 is 14.2 Å². The highest BCUT2D eigenvalue weighted by Crippen LogP contribution is 2.33. The third kappa shape index (κ3) is 3.17. The van der Waals surface area contributed by atoms with Crippen molar-refractivity contribution in [2.75, 3.05) is 27.1 Å². The molecule has 0 saturated carbocycles. The molecule has 20 heavy (non-hydrogen) atoms. The number of hydrogen-bond donors (Lipinski definition) is 0. The van der Waals surface area contributed by atoms with E-state index in [4.69, 9.17) is 9.47 Å². The van der Waals surface area contributed by atoms with Crippen molar-refractivity contribution >= 4 is 28.5 Å². The van der Waals surface area contributed by atoms with Gasteiger partial charge in [-0.15, -0.1) is 11.8 Å². The van der Waals surface area contributed by atoms with Crippen LogP contribution in [0.4, 0.5) is 0 Å². The lowest BCUT2D eigenvalue weighted by Crippen LogP contribution is -2.02. The topological polar surface area (TPSA) is 44.8 Å². The summed E-state index contributed by atoms with van der Waals surface area (Å²) in [6.07, 6.45) is 0. The van der Waals surface area contributed by atoms with Gasteiger partial charge in [-0.2, -0.15) is 0 Å². The largest absolute Gasteiger partial charge is 0.493 e. The van der Waals surface area contributed by atoms with E-state index in [-0.39, 0.29) is 5.97 Å². The Balaban J connectivity index is 2.31. The Labute approximate surface area is 122 Å². The number of benzene rings is 2. The molecule has 106 valence electrons. The van der Waals surface area contributed by atoms with Crippen LogP contribution in [0.2, 0.25) is 0 Å². The number of methoxy groups -OCH3 is 3. The lowest BCUT2D eigenvalue weighted by molar-refractivity contribution is -0.137. The Morgan fingerprint density at radius 3 is 2.25 bits per heavy atom. The van der Waals surface area contributed by atoms with E-state index < -0.39 is 0 Å². The molecule has 2 aromatic carbocycles. The van der Waals surface area contributed by atoms with E-state index in [0.29, 0.717) is 17.3 Å². The van der Waals surface area contributed by atoms with Crippen molar-refractivity contribution in [2.24, 2.45) is 0 Å². The lowest BCUT2D eigenvalue weighted by atomic mass is 10.1. The van der Waals surface area contributed by atoms with Crippen LogP contribution in [0.5, 0.6) is 11.5 Å². The third-order valence-corrected chi connectivity index (χ3v) is 3.87. The van der Waals surface area contributed by atoms with Gasteiger partial charge in [-0.3, -0.25) is 4.79 Å². The SMILES string of the molecule is COC(=O)CSc1ccc2cc(OC)c(OC)cc2c1. The average molecular weight is 292 g/mol. The zero-order chi connectivity index (χ0) is 14.5. The van der Waals surface area contributed by atoms with Crippen molar-refractivity contribution < 1.29 is 19.0 Å². The minimum Gasteiger partial charge on any atom is -0.493 e. The van der Waals surface area contributed by atoms with E-state index in [1.807, 2.05) is 30.3 Å². The van der Waals surface area contributed by atoms with E-state index in [1.54, 1.807) is 14.2 Å². The van der Waals surface area contributed by atoms with Gasteiger partial charge in [0.1, 0.15) is 0 Å². The third-order valence-electron chi connectivity index (χ3n) is 2.90. The zero-order valence-corrected chi connectivity index (χ0v) is 12.5. The minimum absolute atomic E-state index is 0.234. The molecule has 0 aliphatic carbocycles. The van der Waals surface area contributed by atoms with Crippen molar-refractivity contribution in [3.8, 4) is 11.5 Å². The number of thioether (sulfide) groups is 1. The molecule has 0 N–H and O–H groups in total. The van der Waals surface area contributed by atoms with E-state index in [0.717, 1.165) is 15.7 Å². The summed E-state index contributed by atoms with van der Waals surface area (Å²) in [5.74, 6) is 1.46. The van der Waals surface area contributed by atoms with E-state index >= 15 is 0 Å². The van der Waals surface area contributed by atoms with Crippen LogP contribution in [0.15, 0.2) is 35.2 Å². The van der Waals surface area contributed by atoms with Crippen LogP contribution in [0.25, 0.3) is 10.8 Å². The van der Waals surface area contributed by atoms with Gasteiger partial charge in [0.2, 0.25) is 0 Å². The van der Waals surface area contributed by atoms with Crippen LogP contribution >= 0.6 is 11.8 Å². The molecular formula is C15H16O4S. The molecule has 4 nitrogen and oxygen atoms in total. The molecule has 0 aliphatic rings. The molecule has 2 aromatic rings. The number of rotatable bonds is 5. The van der Waals surface area contributed by atoms with Crippen molar-refractivity contribution in [1.82, 2.24) is 0 Å². The van der Waals surface area contributed by atoms with Gasteiger partial charge in [-0.25, -0.2) is 0 Å². The minimum atomic E-state index is -0.234. The highest BCUT2D eigenvalue weighted by molar-refractivity contribution is 8.00. The van der Waals surface area contributed by atoms with Crippen LogP contribution in [0, 0.1) is 0 Å². The number of ether oxygens (including phenoxy) is 3. The fourth-order valence-electron chi connectivity index (χ4n) is 1.84. The summed E-state index contributed by atoms with van der Waals surface area (Å²) in [6, 6.07) is 9.85. The summed E-state index contributed by atoms with van der Waals surface area (Å²) in [5.41, 5.74) is 0. The van der Waals surface area contributed by atoms with Crippen molar-refractivity contribution in [2.45, 2.75) is 4.90 Å². The van der Waals surface area contributed by atoms with Gasteiger partial charge in [-0.1, -0.05) is 6.07 Å². The zero-order valence-electron chi connectivity index (χ0n) is 11.6. The molecule has 0 atom stereocenters. The van der Waals surface area contributed by atoms with Crippen LogP contribution in [0.3, 0.4) is 0 Å². The maximum atomic E-state index is 11.2. The first kappa shape index (κ1) is 14.5. The maximum Gasteiger partial charge on any atom is 0.315 e. The van der Waals surface area contributed by atoms with Gasteiger partial charge in [0.25, 0.3) is 0 Å². The first-order chi connectivity index (χ1) is 9.67. The van der Waals surface area contributed by atoms with Gasteiger partial charge in [0, 0.05) is 4.90 Å². The summed E-state index contributed by atoms with van der Waals surface area (Å²) in [5, 5.41) is 2.10. The molecule has 5 heteroatoms. The number of fused-ring (bicyclic) bond motifs is 1. The average Bonchev–Trinajstić information content (AvgIpc) is 2.50. The normalized spacial score (nSPS) is 10.3. The van der Waals surface area contributed by atoms with Crippen molar-refractivity contribution in [1.29, 1.82) is 0 Å². The van der Waals surface area contributed by atoms with Gasteiger partial charge in [0.05, 0.1) is 27.1 Å². The molecule has 0 unspecified atom stereocenters. The van der Waals surface area contributed by atoms with E-state index in [9.17, 15) is 4.79 Å². The number of carbonyl (C=O) groups excluding carboxylic acids is 1. The van der Waals surface area contributed by atoms with Gasteiger partial charge in [-0.05, 0) is 35.0 Å². The second-order valence-electron chi connectivity index (χ2n) is 4.08. The first-order valence-electron chi connectivity index (χ1n) is 6.03. The molecule has 0 spiro atoms. The quantitative estimate of drug-likeness (QED) is 0.626. The summed E-state index contributed by atoms with van der Waals surface area (Å²) in [4.78, 5) is 12.2. The highest BCUT2D eigenvalue weighted by Gasteiger charge is 2.07. The summed E-state index contributed by atoms with van der Waals surface area (Å²) in [6.45, 7) is 0. The molecular weight excluding hydrogens is 276 g/mol. The maximum absolute atomic E-state index is 11.2. The van der Waals surface area contributed by atoms with E-state index in [1.165, 1.54) is 18.9 Å². The van der Waals surface area contributed by atoms with Gasteiger partial charge >= 0.3 is 5.97 Å². The molecule has 0 aromatic heterocycles. The summed E-state index contributed by atoms with van der Waals surface area (Å²) < 4.78 is 15.2. The lowest BCUT2D eigenvalue weighted by Gasteiger charge is -2.10. The molecule has 0 fully saturated rings. The molecule has 0 heterocycles. The van der Waals surface area contributed by atoms with Crippen molar-refractivity contribution in [3.63, 3.8) is 0 Å². The fraction of sp³-hybridized carbons (Fsp3) is 0.267. The Hall–Kier alpha value is -1.88. The second kappa shape index (κ2) is 6.52. The first-order valence-corrected chi connectivity index (χ1v) is 7.02. The van der Waals surface area contributed by atoms with Gasteiger partial charge in [0.15, 0.2) is 11.5 Å². The summed E-state index contributed by atoms with van der Waals surface area (Å²) in [7, 11) is 4.62. The van der Waals surface area contributed by atoms with Crippen LogP contribution in [-0.2, 0) is 9.53 Å². The standard InChI is InChI=1S/C15H16O4S/c1-17-13-7-10-4-5-12(20-9-15(16)19-3)6-11(10)8-14(13)18-2/h4-8H,9H2,1-3H3. The summed E-state index contributed by atoms with van der Waals surface area (Å²) >= 11 is 1.44. The Morgan fingerprint density at radius 1 is 1.00 bits per heavy atom. The van der Waals surface area contributed by atoms with Crippen LogP contribution in [0.1, 0.15) is 0 Å². The molecule has 0 bridgehead atoms. The number of esters is 1. The predicted octanol–water partition coefficient (Wildman–Crippen LogP) is 3.12. The van der Waals surface area contributed by atoms with E-state index in [2.05, 4.69) is 4.74 Å². The Kier molecular flexibility index (Phi) is 4.74. The highest BCUT2D eigenvalue weighted by atomic mass is 32.2. The Morgan fingerprint density at radius 2 is 1.65 bits per heavy atom. The van der Waals surface area contributed by atoms with Crippen molar-refractivity contribution in [3.05, 3.63) is 30.3 Å². The second-order valence-corrected chi connectivity index (χ2v) is 5.13. The number of carbonyl (C=O) groups is 1. The molecule has 0 aliphatic heterocycles. The van der Waals surface area contributed by atoms with Crippen LogP contribution in [-0.4, -0.2) is 33.1 Å². The monoisotopic (exact) mass is 292 g/mol. The number of hydrogen-bond acceptors (Lipinski definition) is 5. The molecule has 0 saturated heterocycles. The molecule has 0 amide bonds. The molecule has 2 rings (SSSR count). The molecule has 0 radical (unpaired) electrons. The fourth-order valence-corrected chi connectivity index (χ4v) is 2.62. The Bertz CT molecular complexity index is 625.